The van der Waals surface area contributed by atoms with Crippen LogP contribution in [0.2, 0.25) is 0 Å². The first-order valence-corrected chi connectivity index (χ1v) is 8.25. The van der Waals surface area contributed by atoms with Crippen molar-refractivity contribution in [1.29, 1.82) is 0 Å². The molecule has 1 aromatic carbocycles. The number of hydrogen-bond donors (Lipinski definition) is 2. The smallest absolute Gasteiger partial charge is 0.263 e. The van der Waals surface area contributed by atoms with Gasteiger partial charge in [0, 0.05) is 12.6 Å². The van der Waals surface area contributed by atoms with Crippen LogP contribution in [0.1, 0.15) is 32.1 Å². The van der Waals surface area contributed by atoms with E-state index < -0.39 is 0 Å². The molecule has 2 N–H and O–H groups in total. The third-order valence-corrected chi connectivity index (χ3v) is 4.67. The molecule has 126 valence electrons. The summed E-state index contributed by atoms with van der Waals surface area (Å²) in [5.41, 5.74) is 1.10. The standard InChI is InChI=1S/C16H17N3O4S/c1-22-9-5-6-10(12(8-9)23-2)14(20)19-16-18-11-4-3-7-17-15(21)13(11)24-16/h5-6,8H,3-4,7H2,1-2H3,(H,17,21)(H,18,19,20). The number of hydrogen-bond acceptors (Lipinski definition) is 6. The predicted octanol–water partition coefficient (Wildman–Crippen LogP) is 2.09. The molecule has 0 saturated carbocycles. The number of ether oxygens (including phenoxy) is 2. The summed E-state index contributed by atoms with van der Waals surface area (Å²) >= 11 is 1.18. The number of rotatable bonds is 4. The van der Waals surface area contributed by atoms with E-state index in [9.17, 15) is 9.59 Å². The molecule has 0 saturated heterocycles. The molecule has 1 aromatic heterocycles. The first-order valence-electron chi connectivity index (χ1n) is 7.43. The number of nitrogens with one attached hydrogen (secondary N) is 2. The number of aryl methyl sites for hydroxylation is 1. The summed E-state index contributed by atoms with van der Waals surface area (Å²) in [7, 11) is 3.03. The summed E-state index contributed by atoms with van der Waals surface area (Å²) in [4.78, 5) is 29.4. The predicted molar refractivity (Wildman–Crippen MR) is 90.3 cm³/mol. The molecule has 0 bridgehead atoms. The van der Waals surface area contributed by atoms with Gasteiger partial charge in [-0.2, -0.15) is 0 Å². The molecule has 0 atom stereocenters. The SMILES string of the molecule is COc1ccc(C(=O)Nc2nc3c(s2)C(=O)NCCC3)c(OC)c1. The average molecular weight is 347 g/mol. The van der Waals surface area contributed by atoms with Crippen molar-refractivity contribution in [2.24, 2.45) is 0 Å². The maximum absolute atomic E-state index is 12.5. The molecule has 0 aliphatic carbocycles. The molecule has 3 rings (SSSR count). The van der Waals surface area contributed by atoms with E-state index in [0.717, 1.165) is 12.1 Å². The maximum atomic E-state index is 12.5. The molecular formula is C16H17N3O4S. The van der Waals surface area contributed by atoms with Crippen LogP contribution < -0.4 is 20.1 Å². The van der Waals surface area contributed by atoms with Gasteiger partial charge >= 0.3 is 0 Å². The number of fused-ring (bicyclic) bond motifs is 1. The minimum atomic E-state index is -0.348. The number of carbonyl (C=O) groups excluding carboxylic acids is 2. The number of aromatic nitrogens is 1. The summed E-state index contributed by atoms with van der Waals surface area (Å²) in [5.74, 6) is 0.519. The summed E-state index contributed by atoms with van der Waals surface area (Å²) in [5, 5.41) is 5.95. The minimum Gasteiger partial charge on any atom is -0.497 e. The van der Waals surface area contributed by atoms with E-state index in [-0.39, 0.29) is 11.8 Å². The molecule has 7 nitrogen and oxygen atoms in total. The van der Waals surface area contributed by atoms with Crippen molar-refractivity contribution >= 4 is 28.3 Å². The number of thiazole rings is 1. The molecule has 0 fully saturated rings. The Bertz CT molecular complexity index is 788. The molecule has 2 amide bonds. The minimum absolute atomic E-state index is 0.137. The van der Waals surface area contributed by atoms with Crippen molar-refractivity contribution in [3.05, 3.63) is 34.3 Å². The van der Waals surface area contributed by atoms with Gasteiger partial charge in [0.05, 0.1) is 25.5 Å². The van der Waals surface area contributed by atoms with Gasteiger partial charge in [0.2, 0.25) is 0 Å². The second-order valence-electron chi connectivity index (χ2n) is 5.17. The van der Waals surface area contributed by atoms with E-state index in [4.69, 9.17) is 9.47 Å². The Balaban J connectivity index is 1.83. The fraction of sp³-hybridized carbons (Fsp3) is 0.312. The van der Waals surface area contributed by atoms with Crippen LogP contribution >= 0.6 is 11.3 Å². The Labute approximate surface area is 143 Å². The van der Waals surface area contributed by atoms with Gasteiger partial charge in [0.15, 0.2) is 5.13 Å². The van der Waals surface area contributed by atoms with Gasteiger partial charge in [-0.15, -0.1) is 0 Å². The van der Waals surface area contributed by atoms with Crippen molar-refractivity contribution < 1.29 is 19.1 Å². The Morgan fingerprint density at radius 2 is 2.17 bits per heavy atom. The van der Waals surface area contributed by atoms with Crippen LogP contribution in [-0.2, 0) is 6.42 Å². The molecular weight excluding hydrogens is 330 g/mol. The van der Waals surface area contributed by atoms with Crippen molar-refractivity contribution in [1.82, 2.24) is 10.3 Å². The van der Waals surface area contributed by atoms with Crippen LogP contribution in [0.5, 0.6) is 11.5 Å². The lowest BCUT2D eigenvalue weighted by molar-refractivity contribution is 0.0958. The number of benzene rings is 1. The van der Waals surface area contributed by atoms with Gasteiger partial charge in [0.1, 0.15) is 16.4 Å². The topological polar surface area (TPSA) is 89.5 Å². The van der Waals surface area contributed by atoms with Gasteiger partial charge in [-0.3, -0.25) is 14.9 Å². The Hall–Kier alpha value is -2.61. The molecule has 24 heavy (non-hydrogen) atoms. The highest BCUT2D eigenvalue weighted by atomic mass is 32.1. The van der Waals surface area contributed by atoms with E-state index >= 15 is 0 Å². The van der Waals surface area contributed by atoms with E-state index in [1.807, 2.05) is 0 Å². The third-order valence-electron chi connectivity index (χ3n) is 3.65. The van der Waals surface area contributed by atoms with E-state index in [1.165, 1.54) is 18.4 Å². The summed E-state index contributed by atoms with van der Waals surface area (Å²) < 4.78 is 10.4. The summed E-state index contributed by atoms with van der Waals surface area (Å²) in [6.45, 7) is 0.645. The van der Waals surface area contributed by atoms with Gasteiger partial charge in [0.25, 0.3) is 11.8 Å². The third kappa shape index (κ3) is 3.18. The molecule has 0 spiro atoms. The summed E-state index contributed by atoms with van der Waals surface area (Å²) in [6.07, 6.45) is 1.55. The van der Waals surface area contributed by atoms with Gasteiger partial charge in [-0.1, -0.05) is 11.3 Å². The van der Waals surface area contributed by atoms with E-state index in [1.54, 1.807) is 25.3 Å². The van der Waals surface area contributed by atoms with Crippen LogP contribution in [0.25, 0.3) is 0 Å². The quantitative estimate of drug-likeness (QED) is 0.884. The van der Waals surface area contributed by atoms with Crippen molar-refractivity contribution in [3.63, 3.8) is 0 Å². The normalized spacial score (nSPS) is 13.5. The van der Waals surface area contributed by atoms with Crippen LogP contribution in [0.4, 0.5) is 5.13 Å². The zero-order valence-corrected chi connectivity index (χ0v) is 14.2. The van der Waals surface area contributed by atoms with E-state index in [0.29, 0.717) is 40.0 Å². The Morgan fingerprint density at radius 1 is 1.33 bits per heavy atom. The second kappa shape index (κ2) is 6.88. The molecule has 2 heterocycles. The highest BCUT2D eigenvalue weighted by Crippen LogP contribution is 2.28. The van der Waals surface area contributed by atoms with E-state index in [2.05, 4.69) is 15.6 Å². The second-order valence-corrected chi connectivity index (χ2v) is 6.17. The average Bonchev–Trinajstić information content (AvgIpc) is 2.92. The molecule has 1 aliphatic heterocycles. The molecule has 1 aliphatic rings. The lowest BCUT2D eigenvalue weighted by Crippen LogP contribution is -2.21. The number of nitrogens with zero attached hydrogens (tertiary/aromatic N) is 1. The van der Waals surface area contributed by atoms with Crippen LogP contribution in [-0.4, -0.2) is 37.6 Å². The Morgan fingerprint density at radius 3 is 2.92 bits per heavy atom. The number of anilines is 1. The largest absolute Gasteiger partial charge is 0.497 e. The van der Waals surface area contributed by atoms with Crippen molar-refractivity contribution in [2.45, 2.75) is 12.8 Å². The van der Waals surface area contributed by atoms with Gasteiger partial charge in [-0.25, -0.2) is 4.98 Å². The maximum Gasteiger partial charge on any atom is 0.263 e. The van der Waals surface area contributed by atoms with Crippen molar-refractivity contribution in [3.8, 4) is 11.5 Å². The molecule has 2 aromatic rings. The zero-order chi connectivity index (χ0) is 17.1. The first-order chi connectivity index (χ1) is 11.6. The Kier molecular flexibility index (Phi) is 4.66. The fourth-order valence-electron chi connectivity index (χ4n) is 2.44. The zero-order valence-electron chi connectivity index (χ0n) is 13.3. The van der Waals surface area contributed by atoms with Gasteiger partial charge < -0.3 is 14.8 Å². The highest BCUT2D eigenvalue weighted by Gasteiger charge is 2.22. The fourth-order valence-corrected chi connectivity index (χ4v) is 3.36. The number of carbonyl (C=O) groups is 2. The molecule has 8 heteroatoms. The molecule has 0 unspecified atom stereocenters. The lowest BCUT2D eigenvalue weighted by atomic mass is 10.2. The van der Waals surface area contributed by atoms with Crippen LogP contribution in [0.3, 0.4) is 0 Å². The first kappa shape index (κ1) is 16.3. The van der Waals surface area contributed by atoms with Gasteiger partial charge in [-0.05, 0) is 25.0 Å². The summed E-state index contributed by atoms with van der Waals surface area (Å²) in [6, 6.07) is 4.94. The lowest BCUT2D eigenvalue weighted by Gasteiger charge is -2.09. The highest BCUT2D eigenvalue weighted by molar-refractivity contribution is 7.17. The van der Waals surface area contributed by atoms with Crippen LogP contribution in [0.15, 0.2) is 18.2 Å². The number of amides is 2. The monoisotopic (exact) mass is 347 g/mol. The van der Waals surface area contributed by atoms with Crippen LogP contribution in [0, 0.1) is 0 Å². The van der Waals surface area contributed by atoms with Crippen molar-refractivity contribution in [2.75, 3.05) is 26.1 Å². The molecule has 0 radical (unpaired) electrons. The number of methoxy groups -OCH3 is 2.